The second-order valence-corrected chi connectivity index (χ2v) is 5.23. The zero-order valence-electron chi connectivity index (χ0n) is 13.9. The van der Waals surface area contributed by atoms with Crippen LogP contribution in [0.1, 0.15) is 28.9 Å². The van der Waals surface area contributed by atoms with Crippen molar-refractivity contribution in [1.29, 1.82) is 0 Å². The molecule has 0 saturated heterocycles. The number of halogens is 1. The lowest BCUT2D eigenvalue weighted by Gasteiger charge is -2.16. The second-order valence-electron chi connectivity index (χ2n) is 5.23. The standard InChI is InChI=1S/C17H17FN2O5/c1-10(11-4-7-15(24-2)16(8-11)25-3)19-17(21)13-6-5-12(18)9-14(13)20(22)23/h4-10H,1-3H3,(H,19,21)/t10-/m0/s1. The minimum atomic E-state index is -0.793. The Balaban J connectivity index is 2.25. The third-order valence-corrected chi connectivity index (χ3v) is 3.66. The van der Waals surface area contributed by atoms with Gasteiger partial charge in [0, 0.05) is 0 Å². The maximum absolute atomic E-state index is 13.2. The van der Waals surface area contributed by atoms with Gasteiger partial charge in [0.15, 0.2) is 11.5 Å². The number of amides is 1. The average molecular weight is 348 g/mol. The highest BCUT2D eigenvalue weighted by molar-refractivity contribution is 5.98. The summed E-state index contributed by atoms with van der Waals surface area (Å²) in [5.41, 5.74) is -0.0773. The maximum atomic E-state index is 13.2. The highest BCUT2D eigenvalue weighted by atomic mass is 19.1. The largest absolute Gasteiger partial charge is 0.493 e. The van der Waals surface area contributed by atoms with Crippen LogP contribution in [-0.2, 0) is 0 Å². The number of hydrogen-bond acceptors (Lipinski definition) is 5. The quantitative estimate of drug-likeness (QED) is 0.639. The molecule has 0 unspecified atom stereocenters. The Labute approximate surface area is 143 Å². The first-order valence-corrected chi connectivity index (χ1v) is 7.34. The first kappa shape index (κ1) is 18.2. The number of benzene rings is 2. The van der Waals surface area contributed by atoms with Crippen molar-refractivity contribution in [2.45, 2.75) is 13.0 Å². The van der Waals surface area contributed by atoms with Gasteiger partial charge in [-0.05, 0) is 36.8 Å². The van der Waals surface area contributed by atoms with Gasteiger partial charge >= 0.3 is 0 Å². The number of hydrogen-bond donors (Lipinski definition) is 1. The number of methoxy groups -OCH3 is 2. The SMILES string of the molecule is COc1ccc([C@H](C)NC(=O)c2ccc(F)cc2[N+](=O)[O-])cc1OC. The molecule has 0 saturated carbocycles. The topological polar surface area (TPSA) is 90.7 Å². The van der Waals surface area contributed by atoms with Crippen LogP contribution in [0.4, 0.5) is 10.1 Å². The molecule has 0 aliphatic heterocycles. The number of nitro groups is 1. The number of nitrogens with zero attached hydrogens (tertiary/aromatic N) is 1. The molecule has 2 aromatic carbocycles. The van der Waals surface area contributed by atoms with Gasteiger partial charge in [-0.1, -0.05) is 6.07 Å². The van der Waals surface area contributed by atoms with Crippen LogP contribution in [0.2, 0.25) is 0 Å². The van der Waals surface area contributed by atoms with Crippen molar-refractivity contribution in [3.05, 3.63) is 63.5 Å². The van der Waals surface area contributed by atoms with Crippen LogP contribution in [0.25, 0.3) is 0 Å². The Morgan fingerprint density at radius 3 is 2.44 bits per heavy atom. The first-order chi connectivity index (χ1) is 11.9. The van der Waals surface area contributed by atoms with E-state index in [4.69, 9.17) is 9.47 Å². The number of nitrogens with one attached hydrogen (secondary N) is 1. The van der Waals surface area contributed by atoms with Crippen LogP contribution in [0, 0.1) is 15.9 Å². The lowest BCUT2D eigenvalue weighted by atomic mass is 10.1. The van der Waals surface area contributed by atoms with E-state index in [9.17, 15) is 19.3 Å². The normalized spacial score (nSPS) is 11.5. The third-order valence-electron chi connectivity index (χ3n) is 3.66. The van der Waals surface area contributed by atoms with E-state index >= 15 is 0 Å². The maximum Gasteiger partial charge on any atom is 0.285 e. The summed E-state index contributed by atoms with van der Waals surface area (Å²) in [6.45, 7) is 1.72. The molecule has 2 rings (SSSR count). The van der Waals surface area contributed by atoms with Crippen LogP contribution in [-0.4, -0.2) is 25.1 Å². The zero-order valence-corrected chi connectivity index (χ0v) is 13.9. The van der Waals surface area contributed by atoms with Gasteiger partial charge in [-0.15, -0.1) is 0 Å². The molecule has 1 amide bonds. The Morgan fingerprint density at radius 2 is 1.84 bits per heavy atom. The summed E-state index contributed by atoms with van der Waals surface area (Å²) in [7, 11) is 3.00. The van der Waals surface area contributed by atoms with E-state index in [1.54, 1.807) is 25.1 Å². The van der Waals surface area contributed by atoms with Gasteiger partial charge in [0.05, 0.1) is 31.3 Å². The molecule has 1 N–H and O–H groups in total. The first-order valence-electron chi connectivity index (χ1n) is 7.34. The summed E-state index contributed by atoms with van der Waals surface area (Å²) in [6, 6.07) is 7.48. The lowest BCUT2D eigenvalue weighted by Crippen LogP contribution is -2.27. The van der Waals surface area contributed by atoms with E-state index in [-0.39, 0.29) is 5.56 Å². The smallest absolute Gasteiger partial charge is 0.285 e. The van der Waals surface area contributed by atoms with Gasteiger partial charge in [-0.2, -0.15) is 0 Å². The van der Waals surface area contributed by atoms with Gasteiger partial charge < -0.3 is 14.8 Å². The van der Waals surface area contributed by atoms with Crippen LogP contribution < -0.4 is 14.8 Å². The molecule has 1 atom stereocenters. The summed E-state index contributed by atoms with van der Waals surface area (Å²) in [4.78, 5) is 22.6. The van der Waals surface area contributed by atoms with Crippen molar-refractivity contribution in [1.82, 2.24) is 5.32 Å². The summed E-state index contributed by atoms with van der Waals surface area (Å²) in [5.74, 6) is -0.419. The Kier molecular flexibility index (Phi) is 5.53. The van der Waals surface area contributed by atoms with Crippen molar-refractivity contribution in [3.63, 3.8) is 0 Å². The summed E-state index contributed by atoms with van der Waals surface area (Å²) >= 11 is 0. The number of carbonyl (C=O) groups excluding carboxylic acids is 1. The summed E-state index contributed by atoms with van der Waals surface area (Å²) < 4.78 is 23.6. The molecule has 0 aromatic heterocycles. The highest BCUT2D eigenvalue weighted by Crippen LogP contribution is 2.30. The Bertz CT molecular complexity index is 810. The molecular weight excluding hydrogens is 331 g/mol. The summed E-state index contributed by atoms with van der Waals surface area (Å²) in [5, 5.41) is 13.7. The second kappa shape index (κ2) is 7.61. The fourth-order valence-electron chi connectivity index (χ4n) is 2.33. The number of ether oxygens (including phenoxy) is 2. The molecule has 0 radical (unpaired) electrons. The molecule has 0 spiro atoms. The molecule has 0 heterocycles. The van der Waals surface area contributed by atoms with Crippen LogP contribution in [0.3, 0.4) is 0 Å². The highest BCUT2D eigenvalue weighted by Gasteiger charge is 2.22. The molecule has 0 aliphatic rings. The van der Waals surface area contributed by atoms with E-state index in [1.807, 2.05) is 0 Å². The Morgan fingerprint density at radius 1 is 1.16 bits per heavy atom. The van der Waals surface area contributed by atoms with Crippen molar-refractivity contribution < 1.29 is 23.6 Å². The fraction of sp³-hybridized carbons (Fsp3) is 0.235. The van der Waals surface area contributed by atoms with E-state index in [1.165, 1.54) is 14.2 Å². The molecule has 132 valence electrons. The predicted molar refractivity (Wildman–Crippen MR) is 88.5 cm³/mol. The number of rotatable bonds is 6. The van der Waals surface area contributed by atoms with E-state index in [0.717, 1.165) is 23.8 Å². The van der Waals surface area contributed by atoms with Crippen LogP contribution in [0.5, 0.6) is 11.5 Å². The van der Waals surface area contributed by atoms with Crippen molar-refractivity contribution in [2.75, 3.05) is 14.2 Å². The molecule has 0 bridgehead atoms. The lowest BCUT2D eigenvalue weighted by molar-refractivity contribution is -0.385. The van der Waals surface area contributed by atoms with Gasteiger partial charge in [-0.25, -0.2) is 4.39 Å². The van der Waals surface area contributed by atoms with Crippen molar-refractivity contribution in [2.24, 2.45) is 0 Å². The molecule has 8 heteroatoms. The monoisotopic (exact) mass is 348 g/mol. The molecular formula is C17H17FN2O5. The number of nitro benzene ring substituents is 1. The van der Waals surface area contributed by atoms with Gasteiger partial charge in [-0.3, -0.25) is 14.9 Å². The van der Waals surface area contributed by atoms with E-state index in [2.05, 4.69) is 5.32 Å². The average Bonchev–Trinajstić information content (AvgIpc) is 2.60. The number of carbonyl (C=O) groups is 1. The minimum absolute atomic E-state index is 0.210. The van der Waals surface area contributed by atoms with Crippen molar-refractivity contribution in [3.8, 4) is 11.5 Å². The fourth-order valence-corrected chi connectivity index (χ4v) is 2.33. The molecule has 25 heavy (non-hydrogen) atoms. The van der Waals surface area contributed by atoms with Crippen molar-refractivity contribution >= 4 is 11.6 Å². The van der Waals surface area contributed by atoms with E-state index < -0.39 is 28.4 Å². The minimum Gasteiger partial charge on any atom is -0.493 e. The third kappa shape index (κ3) is 4.03. The predicted octanol–water partition coefficient (Wildman–Crippen LogP) is 3.24. The van der Waals surface area contributed by atoms with Crippen LogP contribution in [0.15, 0.2) is 36.4 Å². The van der Waals surface area contributed by atoms with Gasteiger partial charge in [0.25, 0.3) is 11.6 Å². The van der Waals surface area contributed by atoms with Crippen LogP contribution >= 0.6 is 0 Å². The Hall–Kier alpha value is -3.16. The molecule has 2 aromatic rings. The zero-order chi connectivity index (χ0) is 18.6. The molecule has 0 fully saturated rings. The molecule has 7 nitrogen and oxygen atoms in total. The van der Waals surface area contributed by atoms with Gasteiger partial charge in [0.1, 0.15) is 11.4 Å². The van der Waals surface area contributed by atoms with E-state index in [0.29, 0.717) is 11.5 Å². The summed E-state index contributed by atoms with van der Waals surface area (Å²) in [6.07, 6.45) is 0. The molecule has 0 aliphatic carbocycles. The van der Waals surface area contributed by atoms with Gasteiger partial charge in [0.2, 0.25) is 0 Å².